The summed E-state index contributed by atoms with van der Waals surface area (Å²) in [5.41, 5.74) is 6.12. The zero-order valence-corrected chi connectivity index (χ0v) is 8.70. The second-order valence-corrected chi connectivity index (χ2v) is 3.00. The monoisotopic (exact) mass is 207 g/mol. The molecular weight excluding hydrogens is 194 g/mol. The fourth-order valence-electron chi connectivity index (χ4n) is 1.19. The minimum atomic E-state index is -0.649. The summed E-state index contributed by atoms with van der Waals surface area (Å²) in [5, 5.41) is 2.42. The van der Waals surface area contributed by atoms with Crippen molar-refractivity contribution < 1.29 is 9.59 Å². The van der Waals surface area contributed by atoms with Crippen LogP contribution in [-0.2, 0) is 6.42 Å². The van der Waals surface area contributed by atoms with Gasteiger partial charge >= 0.3 is 0 Å². The minimum absolute atomic E-state index is 0.0874. The Morgan fingerprint density at radius 1 is 1.47 bits per heavy atom. The number of hydrogen-bond donors (Lipinski definition) is 2. The molecule has 0 atom stereocenters. The molecule has 1 heterocycles. The summed E-state index contributed by atoms with van der Waals surface area (Å²) in [7, 11) is 1.48. The lowest BCUT2D eigenvalue weighted by Crippen LogP contribution is -2.25. The zero-order valence-electron chi connectivity index (χ0n) is 8.70. The van der Waals surface area contributed by atoms with Crippen LogP contribution in [0.4, 0.5) is 0 Å². The van der Waals surface area contributed by atoms with Gasteiger partial charge in [-0.25, -0.2) is 4.98 Å². The van der Waals surface area contributed by atoms with Gasteiger partial charge in [0.15, 0.2) is 0 Å². The molecule has 1 aromatic heterocycles. The highest BCUT2D eigenvalue weighted by Gasteiger charge is 2.15. The van der Waals surface area contributed by atoms with Gasteiger partial charge in [0, 0.05) is 12.7 Å². The lowest BCUT2D eigenvalue weighted by Gasteiger charge is -2.06. The van der Waals surface area contributed by atoms with Gasteiger partial charge in [0.25, 0.3) is 11.8 Å². The van der Waals surface area contributed by atoms with Crippen LogP contribution in [0.1, 0.15) is 33.5 Å². The molecule has 0 aliphatic carbocycles. The molecule has 0 aromatic carbocycles. The Kier molecular flexibility index (Phi) is 3.38. The molecule has 1 aromatic rings. The normalized spacial score (nSPS) is 9.73. The van der Waals surface area contributed by atoms with E-state index in [0.29, 0.717) is 6.42 Å². The van der Waals surface area contributed by atoms with Crippen molar-refractivity contribution in [2.45, 2.75) is 13.3 Å². The van der Waals surface area contributed by atoms with E-state index in [9.17, 15) is 9.59 Å². The summed E-state index contributed by atoms with van der Waals surface area (Å²) in [6.45, 7) is 1.92. The van der Waals surface area contributed by atoms with E-state index in [1.807, 2.05) is 6.92 Å². The van der Waals surface area contributed by atoms with Crippen molar-refractivity contribution in [2.75, 3.05) is 7.05 Å². The van der Waals surface area contributed by atoms with Crippen LogP contribution in [0.2, 0.25) is 0 Å². The van der Waals surface area contributed by atoms with Gasteiger partial charge in [-0.05, 0) is 18.6 Å². The largest absolute Gasteiger partial charge is 0.366 e. The number of pyridine rings is 1. The predicted molar refractivity (Wildman–Crippen MR) is 55.5 cm³/mol. The zero-order chi connectivity index (χ0) is 11.4. The first-order chi connectivity index (χ1) is 7.10. The number of nitrogens with one attached hydrogen (secondary N) is 1. The van der Waals surface area contributed by atoms with Gasteiger partial charge in [0.05, 0.1) is 5.56 Å². The molecule has 2 amide bonds. The predicted octanol–water partition coefficient (Wildman–Crippen LogP) is 0.102. The van der Waals surface area contributed by atoms with Crippen molar-refractivity contribution >= 4 is 11.8 Å². The lowest BCUT2D eigenvalue weighted by molar-refractivity contribution is 0.0938. The van der Waals surface area contributed by atoms with Crippen LogP contribution in [-0.4, -0.2) is 23.8 Å². The third-order valence-corrected chi connectivity index (χ3v) is 2.02. The van der Waals surface area contributed by atoms with Gasteiger partial charge in [-0.1, -0.05) is 6.92 Å². The van der Waals surface area contributed by atoms with Gasteiger partial charge in [-0.15, -0.1) is 0 Å². The van der Waals surface area contributed by atoms with Gasteiger partial charge in [0.1, 0.15) is 5.69 Å². The van der Waals surface area contributed by atoms with Crippen molar-refractivity contribution in [3.8, 4) is 0 Å². The summed E-state index contributed by atoms with van der Waals surface area (Å²) in [4.78, 5) is 26.5. The molecule has 80 valence electrons. The molecule has 3 N–H and O–H groups in total. The second-order valence-electron chi connectivity index (χ2n) is 3.00. The average Bonchev–Trinajstić information content (AvgIpc) is 2.26. The van der Waals surface area contributed by atoms with E-state index in [0.717, 1.165) is 5.69 Å². The van der Waals surface area contributed by atoms with Gasteiger partial charge in [-0.3, -0.25) is 9.59 Å². The number of nitrogens with two attached hydrogens (primary N) is 1. The summed E-state index contributed by atoms with van der Waals surface area (Å²) < 4.78 is 0. The highest BCUT2D eigenvalue weighted by atomic mass is 16.2. The molecular formula is C10H13N3O2. The Bertz CT molecular complexity index is 402. The third kappa shape index (κ3) is 2.31. The number of carbonyl (C=O) groups excluding carboxylic acids is 2. The van der Waals surface area contributed by atoms with Crippen LogP contribution in [0.5, 0.6) is 0 Å². The molecule has 0 unspecified atom stereocenters. The average molecular weight is 207 g/mol. The molecule has 5 nitrogen and oxygen atoms in total. The van der Waals surface area contributed by atoms with Crippen molar-refractivity contribution in [3.05, 3.63) is 29.1 Å². The van der Waals surface area contributed by atoms with E-state index in [4.69, 9.17) is 5.73 Å². The van der Waals surface area contributed by atoms with Crippen molar-refractivity contribution in [1.29, 1.82) is 0 Å². The highest BCUT2D eigenvalue weighted by Crippen LogP contribution is 2.08. The number of carbonyl (C=O) groups is 2. The maximum atomic E-state index is 11.4. The molecule has 0 saturated heterocycles. The summed E-state index contributed by atoms with van der Waals surface area (Å²) >= 11 is 0. The van der Waals surface area contributed by atoms with Crippen LogP contribution in [0, 0.1) is 0 Å². The van der Waals surface area contributed by atoms with E-state index in [-0.39, 0.29) is 11.3 Å². The van der Waals surface area contributed by atoms with Crippen LogP contribution < -0.4 is 11.1 Å². The molecule has 0 aliphatic rings. The van der Waals surface area contributed by atoms with Gasteiger partial charge < -0.3 is 11.1 Å². The summed E-state index contributed by atoms with van der Waals surface area (Å²) in [6.07, 6.45) is 0.697. The minimum Gasteiger partial charge on any atom is -0.366 e. The van der Waals surface area contributed by atoms with E-state index in [1.165, 1.54) is 13.1 Å². The van der Waals surface area contributed by atoms with Crippen molar-refractivity contribution in [1.82, 2.24) is 10.3 Å². The van der Waals surface area contributed by atoms with Crippen LogP contribution in [0.3, 0.4) is 0 Å². The van der Waals surface area contributed by atoms with E-state index in [2.05, 4.69) is 10.3 Å². The molecule has 0 saturated carbocycles. The maximum Gasteiger partial charge on any atom is 0.270 e. The first kappa shape index (κ1) is 11.2. The number of amides is 2. The van der Waals surface area contributed by atoms with E-state index in [1.54, 1.807) is 6.07 Å². The Morgan fingerprint density at radius 3 is 2.60 bits per heavy atom. The fraction of sp³-hybridized carbons (Fsp3) is 0.300. The SMILES string of the molecule is CCc1ccc(C(N)=O)c(C(=O)NC)n1. The summed E-state index contributed by atoms with van der Waals surface area (Å²) in [6, 6.07) is 3.21. The van der Waals surface area contributed by atoms with E-state index < -0.39 is 11.8 Å². The molecule has 15 heavy (non-hydrogen) atoms. The second kappa shape index (κ2) is 4.54. The number of nitrogens with zero attached hydrogens (tertiary/aromatic N) is 1. The fourth-order valence-corrected chi connectivity index (χ4v) is 1.19. The number of hydrogen-bond acceptors (Lipinski definition) is 3. The molecule has 5 heteroatoms. The Balaban J connectivity index is 3.28. The smallest absolute Gasteiger partial charge is 0.270 e. The van der Waals surface area contributed by atoms with E-state index >= 15 is 0 Å². The van der Waals surface area contributed by atoms with Crippen LogP contribution >= 0.6 is 0 Å². The summed E-state index contributed by atoms with van der Waals surface area (Å²) in [5.74, 6) is -1.05. The molecule has 0 spiro atoms. The maximum absolute atomic E-state index is 11.4. The third-order valence-electron chi connectivity index (χ3n) is 2.02. The van der Waals surface area contributed by atoms with Gasteiger partial charge in [-0.2, -0.15) is 0 Å². The molecule has 0 aliphatic heterocycles. The Labute approximate surface area is 87.7 Å². The first-order valence-corrected chi connectivity index (χ1v) is 4.62. The Hall–Kier alpha value is -1.91. The lowest BCUT2D eigenvalue weighted by atomic mass is 10.1. The molecule has 0 fully saturated rings. The number of primary amides is 1. The quantitative estimate of drug-likeness (QED) is 0.737. The number of aromatic nitrogens is 1. The van der Waals surface area contributed by atoms with Crippen LogP contribution in [0.25, 0.3) is 0 Å². The first-order valence-electron chi connectivity index (χ1n) is 4.62. The number of aryl methyl sites for hydroxylation is 1. The Morgan fingerprint density at radius 2 is 2.13 bits per heavy atom. The van der Waals surface area contributed by atoms with Crippen molar-refractivity contribution in [2.24, 2.45) is 5.73 Å². The molecule has 0 bridgehead atoms. The topological polar surface area (TPSA) is 85.1 Å². The highest BCUT2D eigenvalue weighted by molar-refractivity contribution is 6.05. The molecule has 0 radical (unpaired) electrons. The standard InChI is InChI=1S/C10H13N3O2/c1-3-6-4-5-7(9(11)14)8(13-6)10(15)12-2/h4-5H,3H2,1-2H3,(H2,11,14)(H,12,15). The number of rotatable bonds is 3. The van der Waals surface area contributed by atoms with Crippen molar-refractivity contribution in [3.63, 3.8) is 0 Å². The van der Waals surface area contributed by atoms with Gasteiger partial charge in [0.2, 0.25) is 0 Å². The van der Waals surface area contributed by atoms with Crippen LogP contribution in [0.15, 0.2) is 12.1 Å². The molecule has 1 rings (SSSR count).